The van der Waals surface area contributed by atoms with Crippen LogP contribution in [0.5, 0.6) is 5.75 Å². The van der Waals surface area contributed by atoms with Crippen LogP contribution in [0.1, 0.15) is 50.2 Å². The van der Waals surface area contributed by atoms with Crippen molar-refractivity contribution >= 4 is 18.2 Å². The summed E-state index contributed by atoms with van der Waals surface area (Å²) in [5, 5.41) is 10.2. The zero-order valence-electron chi connectivity index (χ0n) is 16.2. The monoisotopic (exact) mass is 391 g/mol. The lowest BCUT2D eigenvalue weighted by atomic mass is 9.46. The van der Waals surface area contributed by atoms with E-state index in [-0.39, 0.29) is 29.3 Å². The van der Waals surface area contributed by atoms with Gasteiger partial charge in [0.1, 0.15) is 11.5 Å². The Morgan fingerprint density at radius 3 is 2.78 bits per heavy atom. The number of fused-ring (bicyclic) bond motifs is 1. The average Bonchev–Trinajstić information content (AvgIpc) is 3.42. The van der Waals surface area contributed by atoms with Gasteiger partial charge in [-0.05, 0) is 67.3 Å². The van der Waals surface area contributed by atoms with Gasteiger partial charge in [0.15, 0.2) is 0 Å². The highest BCUT2D eigenvalue weighted by atomic mass is 35.5. The Morgan fingerprint density at radius 1 is 1.30 bits per heavy atom. The van der Waals surface area contributed by atoms with Crippen LogP contribution in [0.25, 0.3) is 0 Å². The van der Waals surface area contributed by atoms with Crippen molar-refractivity contribution in [1.82, 2.24) is 4.90 Å². The average molecular weight is 392 g/mol. The highest BCUT2D eigenvalue weighted by molar-refractivity contribution is 5.85. The van der Waals surface area contributed by atoms with Crippen LogP contribution in [0, 0.1) is 11.8 Å². The molecule has 3 aliphatic carbocycles. The first-order chi connectivity index (χ1) is 12.5. The minimum absolute atomic E-state index is 0. The van der Waals surface area contributed by atoms with E-state index in [9.17, 15) is 9.90 Å². The number of phenolic OH excluding ortho intramolecular Hbond substituents is 1. The Hall–Kier alpha value is -1.10. The number of piperidine rings is 1. The number of methoxy groups -OCH3 is 1. The molecule has 1 heterocycles. The molecule has 148 valence electrons. The maximum atomic E-state index is 12.7. The van der Waals surface area contributed by atoms with Crippen LogP contribution in [0.3, 0.4) is 0 Å². The molecule has 0 amide bonds. The molecule has 1 N–H and O–H groups in total. The number of phenols is 1. The summed E-state index contributed by atoms with van der Waals surface area (Å²) in [6, 6.07) is 6.11. The number of hydrogen-bond acceptors (Lipinski definition) is 4. The Morgan fingerprint density at radius 2 is 2.07 bits per heavy atom. The Bertz CT molecular complexity index is 764. The molecule has 4 aliphatic rings. The standard InChI is InChI=1S/C22H29NO3.ClH/c1-14-9-18(25)12-21-7-8-23(13-15-3-4-15)20(22(14,21)26-2)10-16-5-6-17(24)11-19(16)21;/h5-6,11,14-15,20,24H,3-4,7-10,12-13H2,1-2H3;1H/t14-,20-,21-,22-;/m1./s1. The maximum absolute atomic E-state index is 12.7. The van der Waals surface area contributed by atoms with E-state index in [0.29, 0.717) is 30.4 Å². The van der Waals surface area contributed by atoms with Crippen LogP contribution in [-0.4, -0.2) is 47.6 Å². The van der Waals surface area contributed by atoms with E-state index in [4.69, 9.17) is 4.74 Å². The Labute approximate surface area is 167 Å². The van der Waals surface area contributed by atoms with Gasteiger partial charge in [0.2, 0.25) is 0 Å². The molecule has 2 saturated carbocycles. The first-order valence-electron chi connectivity index (χ1n) is 10.1. The second-order valence-corrected chi connectivity index (χ2v) is 9.15. The number of hydrogen-bond donors (Lipinski definition) is 1. The van der Waals surface area contributed by atoms with Gasteiger partial charge in [0, 0.05) is 38.0 Å². The molecule has 1 saturated heterocycles. The van der Waals surface area contributed by atoms with Crippen molar-refractivity contribution in [3.05, 3.63) is 29.3 Å². The number of ether oxygens (including phenoxy) is 1. The van der Waals surface area contributed by atoms with Crippen LogP contribution in [0.4, 0.5) is 0 Å². The summed E-state index contributed by atoms with van der Waals surface area (Å²) in [6.45, 7) is 4.40. The van der Waals surface area contributed by atoms with E-state index >= 15 is 0 Å². The molecule has 1 aromatic carbocycles. The van der Waals surface area contributed by atoms with Gasteiger partial charge in [0.25, 0.3) is 0 Å². The van der Waals surface area contributed by atoms with E-state index in [1.165, 1.54) is 30.5 Å². The molecule has 3 fully saturated rings. The zero-order valence-corrected chi connectivity index (χ0v) is 17.1. The quantitative estimate of drug-likeness (QED) is 0.857. The van der Waals surface area contributed by atoms with Gasteiger partial charge >= 0.3 is 0 Å². The largest absolute Gasteiger partial charge is 0.508 e. The number of halogens is 1. The van der Waals surface area contributed by atoms with Crippen LogP contribution < -0.4 is 0 Å². The first kappa shape index (κ1) is 19.2. The van der Waals surface area contributed by atoms with E-state index < -0.39 is 0 Å². The number of rotatable bonds is 3. The summed E-state index contributed by atoms with van der Waals surface area (Å²) in [4.78, 5) is 15.4. The van der Waals surface area contributed by atoms with Gasteiger partial charge in [-0.3, -0.25) is 9.69 Å². The van der Waals surface area contributed by atoms with Crippen LogP contribution in [0.15, 0.2) is 18.2 Å². The molecule has 0 radical (unpaired) electrons. The topological polar surface area (TPSA) is 49.8 Å². The number of nitrogens with zero attached hydrogens (tertiary/aromatic N) is 1. The third-order valence-electron chi connectivity index (χ3n) is 7.82. The fourth-order valence-electron chi connectivity index (χ4n) is 6.70. The summed E-state index contributed by atoms with van der Waals surface area (Å²) >= 11 is 0. The molecular weight excluding hydrogens is 362 g/mol. The SMILES string of the molecule is CO[C@@]12[C@H](C)CC(=O)C[C@@]13CCN(CC1CC1)[C@@H]2Cc1ccc(O)cc13.Cl. The third kappa shape index (κ3) is 2.53. The minimum atomic E-state index is -0.338. The minimum Gasteiger partial charge on any atom is -0.508 e. The molecule has 4 nitrogen and oxygen atoms in total. The number of ketones is 1. The number of carbonyl (C=O) groups excluding carboxylic acids is 1. The molecule has 2 bridgehead atoms. The number of Topliss-reactive ketones (excluding diaryl/α,β-unsaturated/α-hetero) is 1. The molecule has 4 atom stereocenters. The van der Waals surface area contributed by atoms with Gasteiger partial charge in [-0.25, -0.2) is 0 Å². The molecule has 1 aliphatic heterocycles. The highest BCUT2D eigenvalue weighted by Crippen LogP contribution is 2.61. The lowest BCUT2D eigenvalue weighted by Gasteiger charge is -2.67. The van der Waals surface area contributed by atoms with Crippen LogP contribution in [-0.2, 0) is 21.4 Å². The third-order valence-corrected chi connectivity index (χ3v) is 7.82. The van der Waals surface area contributed by atoms with Gasteiger partial charge in [-0.1, -0.05) is 13.0 Å². The van der Waals surface area contributed by atoms with E-state index in [1.807, 2.05) is 13.2 Å². The smallest absolute Gasteiger partial charge is 0.134 e. The number of carbonyl (C=O) groups is 1. The summed E-state index contributed by atoms with van der Waals surface area (Å²) in [7, 11) is 1.85. The predicted octanol–water partition coefficient (Wildman–Crippen LogP) is 3.48. The molecule has 5 heteroatoms. The summed E-state index contributed by atoms with van der Waals surface area (Å²) in [5.74, 6) is 1.68. The predicted molar refractivity (Wildman–Crippen MR) is 107 cm³/mol. The molecule has 1 aromatic rings. The van der Waals surface area contributed by atoms with Crippen molar-refractivity contribution in [1.29, 1.82) is 0 Å². The van der Waals surface area contributed by atoms with Gasteiger partial charge in [-0.2, -0.15) is 0 Å². The van der Waals surface area contributed by atoms with Crippen molar-refractivity contribution in [3.63, 3.8) is 0 Å². The Balaban J connectivity index is 0.00000180. The molecule has 0 spiro atoms. The molecular formula is C22H30ClNO3. The zero-order chi connectivity index (χ0) is 18.1. The van der Waals surface area contributed by atoms with E-state index in [1.54, 1.807) is 6.07 Å². The lowest BCUT2D eigenvalue weighted by molar-refractivity contribution is -0.210. The van der Waals surface area contributed by atoms with Crippen LogP contribution in [0.2, 0.25) is 0 Å². The fraction of sp³-hybridized carbons (Fsp3) is 0.682. The summed E-state index contributed by atoms with van der Waals surface area (Å²) in [5.41, 5.74) is 1.83. The first-order valence-corrected chi connectivity index (χ1v) is 10.1. The van der Waals surface area contributed by atoms with Crippen molar-refractivity contribution < 1.29 is 14.6 Å². The maximum Gasteiger partial charge on any atom is 0.134 e. The van der Waals surface area contributed by atoms with Crippen LogP contribution >= 0.6 is 12.4 Å². The number of likely N-dealkylation sites (tertiary alicyclic amines) is 1. The normalized spacial score (nSPS) is 37.9. The number of benzene rings is 1. The van der Waals surface area contributed by atoms with E-state index in [0.717, 1.165) is 25.3 Å². The van der Waals surface area contributed by atoms with Gasteiger partial charge in [-0.15, -0.1) is 12.4 Å². The Kier molecular flexibility index (Phi) is 4.60. The van der Waals surface area contributed by atoms with Gasteiger partial charge in [0.05, 0.1) is 5.60 Å². The van der Waals surface area contributed by atoms with Crippen molar-refractivity contribution in [2.24, 2.45) is 11.8 Å². The van der Waals surface area contributed by atoms with E-state index in [2.05, 4.69) is 17.9 Å². The molecule has 0 aromatic heterocycles. The molecule has 5 rings (SSSR count). The number of aromatic hydroxyl groups is 1. The van der Waals surface area contributed by atoms with Gasteiger partial charge < -0.3 is 9.84 Å². The summed E-state index contributed by atoms with van der Waals surface area (Å²) in [6.07, 6.45) is 5.76. The second kappa shape index (κ2) is 6.47. The molecule has 0 unspecified atom stereocenters. The van der Waals surface area contributed by atoms with Crippen molar-refractivity contribution in [2.75, 3.05) is 20.2 Å². The van der Waals surface area contributed by atoms with Crippen molar-refractivity contribution in [3.8, 4) is 5.75 Å². The fourth-order valence-corrected chi connectivity index (χ4v) is 6.70. The summed E-state index contributed by atoms with van der Waals surface area (Å²) < 4.78 is 6.45. The van der Waals surface area contributed by atoms with Crippen molar-refractivity contribution in [2.45, 2.75) is 62.5 Å². The highest BCUT2D eigenvalue weighted by Gasteiger charge is 2.68. The second-order valence-electron chi connectivity index (χ2n) is 9.15. The lowest BCUT2D eigenvalue weighted by Crippen LogP contribution is -2.76. The molecule has 27 heavy (non-hydrogen) atoms.